The first-order valence-corrected chi connectivity index (χ1v) is 7.95. The molecule has 0 aromatic carbocycles. The van der Waals surface area contributed by atoms with Crippen LogP contribution in [0.15, 0.2) is 0 Å². The van der Waals surface area contributed by atoms with Crippen LogP contribution >= 0.6 is 0 Å². The Hall–Kier alpha value is -0.570. The van der Waals surface area contributed by atoms with Crippen molar-refractivity contribution in [1.82, 2.24) is 4.90 Å². The Morgan fingerprint density at radius 2 is 1.89 bits per heavy atom. The van der Waals surface area contributed by atoms with Crippen molar-refractivity contribution in [3.05, 3.63) is 0 Å². The summed E-state index contributed by atoms with van der Waals surface area (Å²) in [5.41, 5.74) is 5.75. The number of hydrogen-bond donors (Lipinski definition) is 1. The summed E-state index contributed by atoms with van der Waals surface area (Å²) >= 11 is 0. The van der Waals surface area contributed by atoms with Crippen molar-refractivity contribution in [2.75, 3.05) is 7.05 Å². The van der Waals surface area contributed by atoms with Gasteiger partial charge in [0.15, 0.2) is 0 Å². The SMILES string of the molecule is CC(N)CCCC(C)C(=O)N(C)C1CCCCC1C. The Bertz CT molecular complexity index is 278. The molecule has 0 spiro atoms. The third kappa shape index (κ3) is 5.13. The van der Waals surface area contributed by atoms with Crippen LogP contribution in [0.3, 0.4) is 0 Å². The summed E-state index contributed by atoms with van der Waals surface area (Å²) in [6.45, 7) is 6.38. The summed E-state index contributed by atoms with van der Waals surface area (Å²) in [5, 5.41) is 0. The van der Waals surface area contributed by atoms with Crippen LogP contribution in [-0.4, -0.2) is 29.9 Å². The molecule has 0 bridgehead atoms. The van der Waals surface area contributed by atoms with Crippen molar-refractivity contribution in [1.29, 1.82) is 0 Å². The first kappa shape index (κ1) is 16.5. The molecular weight excluding hydrogens is 236 g/mol. The Balaban J connectivity index is 2.41. The van der Waals surface area contributed by atoms with Crippen molar-refractivity contribution in [3.63, 3.8) is 0 Å². The van der Waals surface area contributed by atoms with E-state index >= 15 is 0 Å². The number of hydrogen-bond acceptors (Lipinski definition) is 2. The molecule has 4 atom stereocenters. The fourth-order valence-corrected chi connectivity index (χ4v) is 3.25. The average molecular weight is 268 g/mol. The van der Waals surface area contributed by atoms with Gasteiger partial charge in [0.05, 0.1) is 0 Å². The van der Waals surface area contributed by atoms with Gasteiger partial charge in [0.25, 0.3) is 0 Å². The second kappa shape index (κ2) is 7.88. The fraction of sp³-hybridized carbons (Fsp3) is 0.938. The van der Waals surface area contributed by atoms with E-state index in [1.165, 1.54) is 25.7 Å². The summed E-state index contributed by atoms with van der Waals surface area (Å²) in [7, 11) is 2.00. The van der Waals surface area contributed by atoms with Gasteiger partial charge in [-0.3, -0.25) is 4.79 Å². The first-order valence-electron chi connectivity index (χ1n) is 7.95. The van der Waals surface area contributed by atoms with E-state index in [2.05, 4.69) is 13.8 Å². The zero-order chi connectivity index (χ0) is 14.4. The van der Waals surface area contributed by atoms with E-state index in [9.17, 15) is 4.79 Å². The zero-order valence-electron chi connectivity index (χ0n) is 13.2. The van der Waals surface area contributed by atoms with Crippen LogP contribution in [0.25, 0.3) is 0 Å². The Kier molecular flexibility index (Phi) is 6.84. The minimum Gasteiger partial charge on any atom is -0.342 e. The number of nitrogens with zero attached hydrogens (tertiary/aromatic N) is 1. The number of amides is 1. The van der Waals surface area contributed by atoms with Crippen LogP contribution < -0.4 is 5.73 Å². The fourth-order valence-electron chi connectivity index (χ4n) is 3.25. The number of carbonyl (C=O) groups excluding carboxylic acids is 1. The van der Waals surface area contributed by atoms with E-state index in [1.54, 1.807) is 0 Å². The largest absolute Gasteiger partial charge is 0.342 e. The molecule has 112 valence electrons. The normalized spacial score (nSPS) is 26.8. The summed E-state index contributed by atoms with van der Waals surface area (Å²) in [5.74, 6) is 1.11. The monoisotopic (exact) mass is 268 g/mol. The Morgan fingerprint density at radius 3 is 2.47 bits per heavy atom. The molecule has 1 rings (SSSR count). The summed E-state index contributed by atoms with van der Waals surface area (Å²) in [4.78, 5) is 14.5. The lowest BCUT2D eigenvalue weighted by Gasteiger charge is -2.37. The topological polar surface area (TPSA) is 46.3 Å². The predicted molar refractivity (Wildman–Crippen MR) is 80.9 cm³/mol. The lowest BCUT2D eigenvalue weighted by Crippen LogP contribution is -2.44. The number of carbonyl (C=O) groups is 1. The van der Waals surface area contributed by atoms with Gasteiger partial charge in [-0.1, -0.05) is 33.1 Å². The van der Waals surface area contributed by atoms with Crippen LogP contribution in [0.4, 0.5) is 0 Å². The summed E-state index contributed by atoms with van der Waals surface area (Å²) in [6, 6.07) is 0.704. The second-order valence-corrected chi connectivity index (χ2v) is 6.59. The highest BCUT2D eigenvalue weighted by Crippen LogP contribution is 2.28. The highest BCUT2D eigenvalue weighted by Gasteiger charge is 2.29. The van der Waals surface area contributed by atoms with Gasteiger partial charge >= 0.3 is 0 Å². The molecule has 1 saturated carbocycles. The molecule has 3 nitrogen and oxygen atoms in total. The molecule has 0 saturated heterocycles. The predicted octanol–water partition coefficient (Wildman–Crippen LogP) is 3.18. The minimum absolute atomic E-state index is 0.137. The Labute approximate surface area is 118 Å². The van der Waals surface area contributed by atoms with Gasteiger partial charge in [0.2, 0.25) is 5.91 Å². The van der Waals surface area contributed by atoms with E-state index in [4.69, 9.17) is 5.73 Å². The van der Waals surface area contributed by atoms with Crippen molar-refractivity contribution in [3.8, 4) is 0 Å². The maximum atomic E-state index is 12.5. The molecule has 0 heterocycles. The van der Waals surface area contributed by atoms with Crippen LogP contribution in [0.2, 0.25) is 0 Å². The third-order valence-corrected chi connectivity index (χ3v) is 4.63. The molecule has 0 aliphatic heterocycles. The summed E-state index contributed by atoms with van der Waals surface area (Å²) in [6.07, 6.45) is 8.07. The quantitative estimate of drug-likeness (QED) is 0.804. The maximum Gasteiger partial charge on any atom is 0.225 e. The van der Waals surface area contributed by atoms with Crippen molar-refractivity contribution in [2.24, 2.45) is 17.6 Å². The number of rotatable bonds is 6. The van der Waals surface area contributed by atoms with Gasteiger partial charge in [0.1, 0.15) is 0 Å². The number of nitrogens with two attached hydrogens (primary N) is 1. The van der Waals surface area contributed by atoms with Gasteiger partial charge in [0, 0.05) is 25.0 Å². The molecule has 0 aromatic heterocycles. The highest BCUT2D eigenvalue weighted by molar-refractivity contribution is 5.78. The molecule has 2 N–H and O–H groups in total. The second-order valence-electron chi connectivity index (χ2n) is 6.59. The van der Waals surface area contributed by atoms with E-state index < -0.39 is 0 Å². The average Bonchev–Trinajstić information content (AvgIpc) is 2.37. The molecule has 0 aromatic rings. The van der Waals surface area contributed by atoms with Crippen LogP contribution in [0.1, 0.15) is 65.7 Å². The van der Waals surface area contributed by atoms with E-state index in [0.29, 0.717) is 17.9 Å². The molecule has 19 heavy (non-hydrogen) atoms. The van der Waals surface area contributed by atoms with E-state index in [1.807, 2.05) is 18.9 Å². The molecule has 3 heteroatoms. The van der Waals surface area contributed by atoms with Gasteiger partial charge in [-0.05, 0) is 38.5 Å². The molecular formula is C16H32N2O. The summed E-state index contributed by atoms with van der Waals surface area (Å²) < 4.78 is 0. The van der Waals surface area contributed by atoms with Crippen LogP contribution in [-0.2, 0) is 4.79 Å². The van der Waals surface area contributed by atoms with Crippen LogP contribution in [0.5, 0.6) is 0 Å². The van der Waals surface area contributed by atoms with Gasteiger partial charge in [-0.25, -0.2) is 0 Å². The third-order valence-electron chi connectivity index (χ3n) is 4.63. The highest BCUT2D eigenvalue weighted by atomic mass is 16.2. The van der Waals surface area contributed by atoms with E-state index in [-0.39, 0.29) is 12.0 Å². The van der Waals surface area contributed by atoms with Gasteiger partial charge in [-0.2, -0.15) is 0 Å². The van der Waals surface area contributed by atoms with Crippen molar-refractivity contribution >= 4 is 5.91 Å². The molecule has 1 aliphatic carbocycles. The lowest BCUT2D eigenvalue weighted by molar-refractivity contribution is -0.137. The minimum atomic E-state index is 0.137. The van der Waals surface area contributed by atoms with Gasteiger partial charge < -0.3 is 10.6 Å². The molecule has 4 unspecified atom stereocenters. The van der Waals surface area contributed by atoms with Crippen molar-refractivity contribution < 1.29 is 4.79 Å². The van der Waals surface area contributed by atoms with Crippen LogP contribution in [0, 0.1) is 11.8 Å². The smallest absolute Gasteiger partial charge is 0.225 e. The lowest BCUT2D eigenvalue weighted by atomic mass is 9.84. The van der Waals surface area contributed by atoms with Crippen molar-refractivity contribution in [2.45, 2.75) is 77.8 Å². The van der Waals surface area contributed by atoms with Gasteiger partial charge in [-0.15, -0.1) is 0 Å². The molecule has 1 aliphatic rings. The molecule has 1 fully saturated rings. The molecule has 0 radical (unpaired) electrons. The first-order chi connectivity index (χ1) is 8.93. The van der Waals surface area contributed by atoms with E-state index in [0.717, 1.165) is 19.3 Å². The Morgan fingerprint density at radius 1 is 1.26 bits per heavy atom. The molecule has 1 amide bonds. The standard InChI is InChI=1S/C16H32N2O/c1-12-8-5-6-11-15(12)18(4)16(19)13(2)9-7-10-14(3)17/h12-15H,5-11,17H2,1-4H3. The maximum absolute atomic E-state index is 12.5. The zero-order valence-corrected chi connectivity index (χ0v) is 13.2.